The van der Waals surface area contributed by atoms with Gasteiger partial charge in [0.2, 0.25) is 0 Å². The van der Waals surface area contributed by atoms with Gasteiger partial charge in [-0.25, -0.2) is 9.59 Å². The molecule has 0 spiro atoms. The summed E-state index contributed by atoms with van der Waals surface area (Å²) in [6.45, 7) is 0.118. The van der Waals surface area contributed by atoms with Gasteiger partial charge in [0.15, 0.2) is 6.04 Å². The molecule has 1 rings (SSSR count). The Morgan fingerprint density at radius 1 is 1.44 bits per heavy atom. The second kappa shape index (κ2) is 6.30. The molecule has 5 nitrogen and oxygen atoms in total. The third kappa shape index (κ3) is 3.52. The number of hydrogen-bond donors (Lipinski definition) is 2. The highest BCUT2D eigenvalue weighted by Crippen LogP contribution is 2.12. The Bertz CT molecular complexity index is 465. The van der Waals surface area contributed by atoms with Crippen LogP contribution in [0.1, 0.15) is 11.6 Å². The van der Waals surface area contributed by atoms with Crippen LogP contribution < -0.4 is 5.32 Å². The zero-order valence-corrected chi connectivity index (χ0v) is 9.96. The van der Waals surface area contributed by atoms with Gasteiger partial charge in [-0.1, -0.05) is 36.3 Å². The van der Waals surface area contributed by atoms with Crippen molar-refractivity contribution in [3.05, 3.63) is 35.9 Å². The van der Waals surface area contributed by atoms with Gasteiger partial charge in [0.25, 0.3) is 0 Å². The number of carboxylic acid groups (broad SMARTS) is 1. The van der Waals surface area contributed by atoms with Gasteiger partial charge in [-0.05, 0) is 5.56 Å². The second-order valence-electron chi connectivity index (χ2n) is 3.69. The molecule has 2 amide bonds. The van der Waals surface area contributed by atoms with E-state index in [1.165, 1.54) is 11.9 Å². The maximum Gasteiger partial charge on any atom is 0.330 e. The molecule has 0 aliphatic rings. The smallest absolute Gasteiger partial charge is 0.330 e. The summed E-state index contributed by atoms with van der Waals surface area (Å²) >= 11 is 0. The summed E-state index contributed by atoms with van der Waals surface area (Å²) in [5.74, 6) is 1.19. The number of rotatable bonds is 4. The number of benzene rings is 1. The van der Waals surface area contributed by atoms with Gasteiger partial charge in [-0.15, -0.1) is 6.42 Å². The molecule has 0 bridgehead atoms. The zero-order chi connectivity index (χ0) is 13.5. The number of carbonyl (C=O) groups is 2. The Kier molecular flexibility index (Phi) is 4.76. The van der Waals surface area contributed by atoms with Crippen LogP contribution in [-0.4, -0.2) is 35.6 Å². The summed E-state index contributed by atoms with van der Waals surface area (Å²) in [4.78, 5) is 24.1. The molecule has 0 aliphatic carbocycles. The lowest BCUT2D eigenvalue weighted by molar-refractivity contribution is -0.139. The molecular weight excluding hydrogens is 232 g/mol. The van der Waals surface area contributed by atoms with Crippen LogP contribution in [0, 0.1) is 12.3 Å². The summed E-state index contributed by atoms with van der Waals surface area (Å²) < 4.78 is 0. The third-order valence-electron chi connectivity index (χ3n) is 2.32. The van der Waals surface area contributed by atoms with E-state index in [2.05, 4.69) is 11.2 Å². The normalized spacial score (nSPS) is 11.1. The fourth-order valence-electron chi connectivity index (χ4n) is 1.38. The van der Waals surface area contributed by atoms with E-state index in [0.29, 0.717) is 5.56 Å². The van der Waals surface area contributed by atoms with Gasteiger partial charge in [-0.2, -0.15) is 0 Å². The Balaban J connectivity index is 2.80. The summed E-state index contributed by atoms with van der Waals surface area (Å²) in [7, 11) is 1.50. The van der Waals surface area contributed by atoms with E-state index in [1.807, 2.05) is 0 Å². The molecule has 0 heterocycles. The first-order valence-corrected chi connectivity index (χ1v) is 5.29. The van der Waals surface area contributed by atoms with Crippen LogP contribution in [-0.2, 0) is 4.79 Å². The number of carbonyl (C=O) groups excluding carboxylic acids is 1. The Morgan fingerprint density at radius 2 is 2.06 bits per heavy atom. The summed E-state index contributed by atoms with van der Waals surface area (Å²) in [5.41, 5.74) is 0.507. The number of nitrogens with zero attached hydrogens (tertiary/aromatic N) is 1. The molecule has 0 fully saturated rings. The molecule has 0 saturated carbocycles. The van der Waals surface area contributed by atoms with Crippen LogP contribution in [0.25, 0.3) is 0 Å². The minimum absolute atomic E-state index is 0.118. The van der Waals surface area contributed by atoms with Crippen molar-refractivity contribution in [2.45, 2.75) is 6.04 Å². The van der Waals surface area contributed by atoms with E-state index >= 15 is 0 Å². The quantitative estimate of drug-likeness (QED) is 0.781. The summed E-state index contributed by atoms with van der Waals surface area (Å²) in [5, 5.41) is 11.5. The lowest BCUT2D eigenvalue weighted by Crippen LogP contribution is -2.42. The molecule has 0 saturated heterocycles. The van der Waals surface area contributed by atoms with E-state index in [1.54, 1.807) is 30.3 Å². The Hall–Kier alpha value is -2.48. The van der Waals surface area contributed by atoms with E-state index in [4.69, 9.17) is 11.5 Å². The van der Waals surface area contributed by atoms with Crippen molar-refractivity contribution in [3.8, 4) is 12.3 Å². The van der Waals surface area contributed by atoms with Crippen LogP contribution in [0.15, 0.2) is 30.3 Å². The van der Waals surface area contributed by atoms with Crippen LogP contribution >= 0.6 is 0 Å². The molecule has 2 N–H and O–H groups in total. The van der Waals surface area contributed by atoms with Crippen LogP contribution in [0.4, 0.5) is 4.79 Å². The minimum Gasteiger partial charge on any atom is -0.479 e. The minimum atomic E-state index is -1.12. The fourth-order valence-corrected chi connectivity index (χ4v) is 1.38. The average molecular weight is 246 g/mol. The second-order valence-corrected chi connectivity index (χ2v) is 3.69. The molecule has 18 heavy (non-hydrogen) atoms. The number of amides is 2. The average Bonchev–Trinajstić information content (AvgIpc) is 2.36. The van der Waals surface area contributed by atoms with Gasteiger partial charge in [0, 0.05) is 7.05 Å². The first-order chi connectivity index (χ1) is 8.56. The number of aliphatic carboxylic acids is 1. The van der Waals surface area contributed by atoms with Crippen LogP contribution in [0.3, 0.4) is 0 Å². The maximum atomic E-state index is 11.7. The first kappa shape index (κ1) is 13.6. The van der Waals surface area contributed by atoms with Crippen molar-refractivity contribution in [1.29, 1.82) is 0 Å². The highest BCUT2D eigenvalue weighted by Gasteiger charge is 2.22. The molecule has 1 aromatic rings. The highest BCUT2D eigenvalue weighted by molar-refractivity contribution is 5.83. The van der Waals surface area contributed by atoms with Crippen LogP contribution in [0.2, 0.25) is 0 Å². The Labute approximate surface area is 105 Å². The molecule has 5 heteroatoms. The molecule has 0 aromatic heterocycles. The maximum absolute atomic E-state index is 11.7. The molecule has 1 aromatic carbocycles. The number of nitrogens with one attached hydrogen (secondary N) is 1. The van der Waals surface area contributed by atoms with E-state index in [0.717, 1.165) is 0 Å². The third-order valence-corrected chi connectivity index (χ3v) is 2.32. The topological polar surface area (TPSA) is 69.6 Å². The van der Waals surface area contributed by atoms with Crippen molar-refractivity contribution in [2.24, 2.45) is 0 Å². The van der Waals surface area contributed by atoms with Crippen molar-refractivity contribution < 1.29 is 14.7 Å². The molecule has 0 aliphatic heterocycles. The largest absolute Gasteiger partial charge is 0.479 e. The van der Waals surface area contributed by atoms with Crippen molar-refractivity contribution >= 4 is 12.0 Å². The molecule has 0 radical (unpaired) electrons. The predicted octanol–water partition coefficient (Wildman–Crippen LogP) is 1.09. The molecule has 0 unspecified atom stereocenters. The van der Waals surface area contributed by atoms with Gasteiger partial charge < -0.3 is 15.3 Å². The number of terminal acetylenes is 1. The predicted molar refractivity (Wildman–Crippen MR) is 66.8 cm³/mol. The summed E-state index contributed by atoms with van der Waals surface area (Å²) in [6, 6.07) is 6.86. The van der Waals surface area contributed by atoms with Gasteiger partial charge in [0.05, 0.1) is 6.54 Å². The molecular formula is C13H14N2O3. The standard InChI is InChI=1S/C13H14N2O3/c1-3-9-15(2)13(18)14-11(12(16)17)10-7-5-4-6-8-10/h1,4-8,11H,9H2,2H3,(H,14,18)(H,16,17)/t11-/m1/s1. The molecule has 94 valence electrons. The molecule has 1 atom stereocenters. The Morgan fingerprint density at radius 3 is 2.56 bits per heavy atom. The van der Waals surface area contributed by atoms with Crippen molar-refractivity contribution in [3.63, 3.8) is 0 Å². The lowest BCUT2D eigenvalue weighted by atomic mass is 10.1. The summed E-state index contributed by atoms with van der Waals surface area (Å²) in [6.07, 6.45) is 5.08. The van der Waals surface area contributed by atoms with Gasteiger partial charge in [0.1, 0.15) is 0 Å². The fraction of sp³-hybridized carbons (Fsp3) is 0.231. The van der Waals surface area contributed by atoms with Crippen molar-refractivity contribution in [2.75, 3.05) is 13.6 Å². The van der Waals surface area contributed by atoms with E-state index in [9.17, 15) is 9.59 Å². The SMILES string of the molecule is C#CCN(C)C(=O)N[C@@H](C(=O)O)c1ccccc1. The number of carboxylic acids is 1. The van der Waals surface area contributed by atoms with E-state index in [-0.39, 0.29) is 6.54 Å². The van der Waals surface area contributed by atoms with Crippen molar-refractivity contribution in [1.82, 2.24) is 10.2 Å². The van der Waals surface area contributed by atoms with E-state index < -0.39 is 18.0 Å². The first-order valence-electron chi connectivity index (χ1n) is 5.29. The zero-order valence-electron chi connectivity index (χ0n) is 9.96. The monoisotopic (exact) mass is 246 g/mol. The van der Waals surface area contributed by atoms with Gasteiger partial charge in [-0.3, -0.25) is 0 Å². The lowest BCUT2D eigenvalue weighted by Gasteiger charge is -2.19. The number of hydrogen-bond acceptors (Lipinski definition) is 2. The van der Waals surface area contributed by atoms with Gasteiger partial charge >= 0.3 is 12.0 Å². The highest BCUT2D eigenvalue weighted by atomic mass is 16.4. The van der Waals surface area contributed by atoms with Crippen LogP contribution in [0.5, 0.6) is 0 Å². The number of urea groups is 1.